The molecular formula is C35H37BrN8O4. The highest BCUT2D eigenvalue weighted by Crippen LogP contribution is 2.61. The summed E-state index contributed by atoms with van der Waals surface area (Å²) in [6, 6.07) is 6.94. The van der Waals surface area contributed by atoms with Gasteiger partial charge < -0.3 is 19.9 Å². The number of rotatable bonds is 8. The number of carbonyl (C=O) groups excluding carboxylic acids is 3. The van der Waals surface area contributed by atoms with E-state index in [2.05, 4.69) is 46.2 Å². The summed E-state index contributed by atoms with van der Waals surface area (Å²) in [7, 11) is 0. The number of hydrogen-bond donors (Lipinski definition) is 1. The monoisotopic (exact) mass is 712 g/mol. The molecule has 1 aliphatic carbocycles. The molecule has 0 radical (unpaired) electrons. The highest BCUT2D eigenvalue weighted by Gasteiger charge is 2.68. The number of hydrogen-bond acceptors (Lipinski definition) is 9. The predicted octanol–water partition coefficient (Wildman–Crippen LogP) is 4.11. The van der Waals surface area contributed by atoms with E-state index in [1.165, 1.54) is 6.92 Å². The zero-order valence-corrected chi connectivity index (χ0v) is 29.0. The fourth-order valence-electron chi connectivity index (χ4n) is 8.12. The summed E-state index contributed by atoms with van der Waals surface area (Å²) >= 11 is 3.41. The van der Waals surface area contributed by atoms with Gasteiger partial charge in [0.15, 0.2) is 5.78 Å². The fraction of sp³-hybridized carbons (Fsp3) is 0.457. The standard InChI is InChI=1S/C35H37BrN8O4/c1-19-5-6-28(36)39-32(19)40-33(47)26-9-35(16-42-14-34(15-42)17-48-18-34)10-27(35)44(26)29(46)13-43-31-20(2)7-23(24-11-37-22(4)38-12-24)8-25(31)30(41-43)21(3)45/h5-8,11-12,26-27H,9-10,13-18H2,1-4H3,(H,39,40,47)/t26-,27+,35-/m0/s1. The molecule has 1 saturated carbocycles. The van der Waals surface area contributed by atoms with Gasteiger partial charge in [-0.2, -0.15) is 5.10 Å². The van der Waals surface area contributed by atoms with Gasteiger partial charge in [-0.3, -0.25) is 19.1 Å². The maximum Gasteiger partial charge on any atom is 0.248 e. The first kappa shape index (κ1) is 31.2. The first-order chi connectivity index (χ1) is 22.9. The Morgan fingerprint density at radius 1 is 1.02 bits per heavy atom. The molecule has 12 nitrogen and oxygen atoms in total. The molecule has 1 N–H and O–H groups in total. The molecule has 2 amide bonds. The number of likely N-dealkylation sites (tertiary alicyclic amines) is 2. The molecule has 8 rings (SSSR count). The van der Waals surface area contributed by atoms with Crippen molar-refractivity contribution in [3.63, 3.8) is 0 Å². The molecule has 3 atom stereocenters. The van der Waals surface area contributed by atoms with Crippen LogP contribution in [0.4, 0.5) is 5.82 Å². The van der Waals surface area contributed by atoms with Gasteiger partial charge in [-0.25, -0.2) is 15.0 Å². The SMILES string of the molecule is CC(=O)c1nn(CC(=O)N2[C@H](C(=O)Nc3nc(Br)ccc3C)C[C@@]3(CN4CC5(COC5)C4)C[C@@H]23)c2c(C)cc(-c3cnc(C)nc3)cc12. The number of nitrogens with one attached hydrogen (secondary N) is 1. The molecule has 48 heavy (non-hydrogen) atoms. The zero-order chi connectivity index (χ0) is 33.5. The van der Waals surface area contributed by atoms with E-state index < -0.39 is 6.04 Å². The smallest absolute Gasteiger partial charge is 0.248 e. The third-order valence-electron chi connectivity index (χ3n) is 10.6. The molecule has 248 valence electrons. The number of carbonyl (C=O) groups is 3. The van der Waals surface area contributed by atoms with Gasteiger partial charge in [-0.1, -0.05) is 6.07 Å². The Labute approximate surface area is 286 Å². The van der Waals surface area contributed by atoms with E-state index in [1.54, 1.807) is 22.0 Å². The van der Waals surface area contributed by atoms with Crippen LogP contribution < -0.4 is 5.32 Å². The molecular weight excluding hydrogens is 676 g/mol. The van der Waals surface area contributed by atoms with Crippen molar-refractivity contribution in [3.8, 4) is 11.1 Å². The molecule has 4 aromatic rings. The van der Waals surface area contributed by atoms with E-state index in [9.17, 15) is 14.4 Å². The lowest BCUT2D eigenvalue weighted by Gasteiger charge is -2.55. The highest BCUT2D eigenvalue weighted by atomic mass is 79.9. The normalized spacial score (nSPS) is 23.9. The number of ketones is 1. The van der Waals surface area contributed by atoms with Gasteiger partial charge in [0.05, 0.1) is 18.7 Å². The number of pyridine rings is 1. The van der Waals surface area contributed by atoms with Crippen molar-refractivity contribution < 1.29 is 19.1 Å². The Balaban J connectivity index is 1.10. The summed E-state index contributed by atoms with van der Waals surface area (Å²) in [5, 5.41) is 8.37. The molecule has 3 aliphatic heterocycles. The lowest BCUT2D eigenvalue weighted by Crippen LogP contribution is -2.66. The number of ether oxygens (including phenoxy) is 1. The first-order valence-corrected chi connectivity index (χ1v) is 17.1. The van der Waals surface area contributed by atoms with Crippen molar-refractivity contribution in [1.82, 2.24) is 34.5 Å². The Kier molecular flexibility index (Phi) is 7.31. The highest BCUT2D eigenvalue weighted by molar-refractivity contribution is 9.10. The minimum Gasteiger partial charge on any atom is -0.380 e. The van der Waals surface area contributed by atoms with Crippen LogP contribution in [-0.4, -0.2) is 97.1 Å². The molecule has 13 heteroatoms. The van der Waals surface area contributed by atoms with Crippen LogP contribution in [-0.2, 0) is 20.9 Å². The Hall–Kier alpha value is -4.07. The number of benzene rings is 1. The average molecular weight is 714 g/mol. The van der Waals surface area contributed by atoms with E-state index in [0.29, 0.717) is 33.7 Å². The van der Waals surface area contributed by atoms with E-state index in [4.69, 9.17) is 4.74 Å². The molecule has 6 heterocycles. The molecule has 3 saturated heterocycles. The van der Waals surface area contributed by atoms with Crippen molar-refractivity contribution >= 4 is 50.2 Å². The van der Waals surface area contributed by atoms with E-state index in [0.717, 1.165) is 67.0 Å². The summed E-state index contributed by atoms with van der Waals surface area (Å²) in [4.78, 5) is 58.6. The number of aromatic nitrogens is 5. The van der Waals surface area contributed by atoms with Gasteiger partial charge in [-0.05, 0) is 84.4 Å². The van der Waals surface area contributed by atoms with Crippen LogP contribution in [0, 0.1) is 31.6 Å². The second-order valence-corrected chi connectivity index (χ2v) is 15.1. The van der Waals surface area contributed by atoms with Gasteiger partial charge in [0.2, 0.25) is 11.8 Å². The number of piperidine rings is 1. The summed E-state index contributed by atoms with van der Waals surface area (Å²) in [5.74, 6) is 0.516. The Morgan fingerprint density at radius 3 is 2.46 bits per heavy atom. The van der Waals surface area contributed by atoms with Gasteiger partial charge in [0, 0.05) is 66.8 Å². The van der Waals surface area contributed by atoms with Crippen molar-refractivity contribution in [1.29, 1.82) is 0 Å². The maximum absolute atomic E-state index is 14.4. The fourth-order valence-corrected chi connectivity index (χ4v) is 8.43. The van der Waals surface area contributed by atoms with Crippen LogP contribution in [0.3, 0.4) is 0 Å². The lowest BCUT2D eigenvalue weighted by atomic mass is 9.77. The summed E-state index contributed by atoms with van der Waals surface area (Å²) < 4.78 is 7.72. The number of fused-ring (bicyclic) bond motifs is 2. The van der Waals surface area contributed by atoms with Crippen molar-refractivity contribution in [3.05, 3.63) is 63.9 Å². The molecule has 1 aromatic carbocycles. The van der Waals surface area contributed by atoms with Crippen LogP contribution in [0.25, 0.3) is 22.0 Å². The number of anilines is 1. The maximum atomic E-state index is 14.4. The number of Topliss-reactive ketones (excluding diaryl/α,β-unsaturated/α-hetero) is 1. The van der Waals surface area contributed by atoms with E-state index in [1.807, 2.05) is 45.0 Å². The topological polar surface area (TPSA) is 135 Å². The van der Waals surface area contributed by atoms with Gasteiger partial charge in [-0.15, -0.1) is 0 Å². The zero-order valence-electron chi connectivity index (χ0n) is 27.4. The van der Waals surface area contributed by atoms with E-state index >= 15 is 0 Å². The minimum atomic E-state index is -0.651. The minimum absolute atomic E-state index is 0.0464. The van der Waals surface area contributed by atoms with Crippen LogP contribution >= 0.6 is 15.9 Å². The Bertz CT molecular complexity index is 2000. The van der Waals surface area contributed by atoms with E-state index in [-0.39, 0.29) is 41.0 Å². The van der Waals surface area contributed by atoms with Gasteiger partial charge in [0.25, 0.3) is 0 Å². The van der Waals surface area contributed by atoms with Crippen molar-refractivity contribution in [2.45, 2.75) is 59.2 Å². The quantitative estimate of drug-likeness (QED) is 0.212. The van der Waals surface area contributed by atoms with Crippen molar-refractivity contribution in [2.24, 2.45) is 10.8 Å². The van der Waals surface area contributed by atoms with Crippen LogP contribution in [0.15, 0.2) is 41.3 Å². The van der Waals surface area contributed by atoms with Crippen LogP contribution in [0.1, 0.15) is 47.2 Å². The number of aryl methyl sites for hydroxylation is 3. The van der Waals surface area contributed by atoms with Gasteiger partial charge in [0.1, 0.15) is 34.5 Å². The van der Waals surface area contributed by atoms with Crippen LogP contribution in [0.2, 0.25) is 0 Å². The van der Waals surface area contributed by atoms with Crippen molar-refractivity contribution in [2.75, 3.05) is 38.2 Å². The third-order valence-corrected chi connectivity index (χ3v) is 11.0. The lowest BCUT2D eigenvalue weighted by molar-refractivity contribution is -0.191. The summed E-state index contributed by atoms with van der Waals surface area (Å²) in [5.41, 5.74) is 4.57. The molecule has 3 aromatic heterocycles. The summed E-state index contributed by atoms with van der Waals surface area (Å²) in [6.45, 7) is 11.5. The number of nitrogens with zero attached hydrogens (tertiary/aromatic N) is 7. The second kappa shape index (κ2) is 11.2. The van der Waals surface area contributed by atoms with Crippen LogP contribution in [0.5, 0.6) is 0 Å². The summed E-state index contributed by atoms with van der Waals surface area (Å²) in [6.07, 6.45) is 4.96. The molecule has 0 bridgehead atoms. The average Bonchev–Trinajstić information content (AvgIpc) is 3.40. The van der Waals surface area contributed by atoms with Gasteiger partial charge >= 0.3 is 0 Å². The molecule has 4 aliphatic rings. The molecule has 1 spiro atoms. The molecule has 0 unspecified atom stereocenters. The first-order valence-electron chi connectivity index (χ1n) is 16.3. The number of halogens is 1. The Morgan fingerprint density at radius 2 is 1.77 bits per heavy atom. The molecule has 4 fully saturated rings. The second-order valence-electron chi connectivity index (χ2n) is 14.3. The third kappa shape index (κ3) is 5.23. The predicted molar refractivity (Wildman–Crippen MR) is 181 cm³/mol. The largest absolute Gasteiger partial charge is 0.380 e. The number of amides is 2.